The van der Waals surface area contributed by atoms with Crippen LogP contribution in [0.2, 0.25) is 0 Å². The largest absolute Gasteiger partial charge is 0.338 e. The van der Waals surface area contributed by atoms with Crippen molar-refractivity contribution >= 4 is 6.03 Å². The Morgan fingerprint density at radius 3 is 1.82 bits per heavy atom. The second-order valence-corrected chi connectivity index (χ2v) is 4.95. The normalized spacial score (nSPS) is 10.3. The van der Waals surface area contributed by atoms with Crippen molar-refractivity contribution < 1.29 is 4.79 Å². The van der Waals surface area contributed by atoms with E-state index in [9.17, 15) is 4.79 Å². The lowest BCUT2D eigenvalue weighted by atomic mass is 10.1. The highest BCUT2D eigenvalue weighted by Crippen LogP contribution is 2.09. The van der Waals surface area contributed by atoms with Gasteiger partial charge in [-0.2, -0.15) is 0 Å². The molecule has 0 aliphatic heterocycles. The highest BCUT2D eigenvalue weighted by Gasteiger charge is 2.00. The molecule has 0 aromatic carbocycles. The molecular formula is C14H30N2O. The number of unbranched alkanes of at least 4 members (excludes halogenated alkanes) is 8. The van der Waals surface area contributed by atoms with E-state index in [1.165, 1.54) is 51.4 Å². The zero-order valence-electron chi connectivity index (χ0n) is 11.9. The summed E-state index contributed by atoms with van der Waals surface area (Å²) in [7, 11) is 3.54. The van der Waals surface area contributed by atoms with Crippen molar-refractivity contribution in [2.24, 2.45) is 0 Å². The quantitative estimate of drug-likeness (QED) is 0.581. The molecule has 3 heteroatoms. The number of hydrogen-bond acceptors (Lipinski definition) is 1. The first-order chi connectivity index (χ1) is 8.18. The fourth-order valence-corrected chi connectivity index (χ4v) is 1.79. The van der Waals surface area contributed by atoms with Crippen LogP contribution in [0.3, 0.4) is 0 Å². The average Bonchev–Trinajstić information content (AvgIpc) is 2.31. The maximum absolute atomic E-state index is 11.2. The zero-order valence-corrected chi connectivity index (χ0v) is 11.9. The SMILES string of the molecule is CCCCCCCCCCCNC(=O)N(C)C. The van der Waals surface area contributed by atoms with Gasteiger partial charge in [0.2, 0.25) is 0 Å². The number of nitrogens with zero attached hydrogens (tertiary/aromatic N) is 1. The van der Waals surface area contributed by atoms with Gasteiger partial charge in [-0.05, 0) is 6.42 Å². The summed E-state index contributed by atoms with van der Waals surface area (Å²) >= 11 is 0. The molecule has 0 saturated carbocycles. The minimum absolute atomic E-state index is 0.0181. The molecule has 0 aliphatic rings. The molecule has 0 radical (unpaired) electrons. The van der Waals surface area contributed by atoms with Crippen LogP contribution in [0.25, 0.3) is 0 Å². The minimum Gasteiger partial charge on any atom is -0.338 e. The third-order valence-corrected chi connectivity index (χ3v) is 2.96. The van der Waals surface area contributed by atoms with Gasteiger partial charge in [0.05, 0.1) is 0 Å². The fourth-order valence-electron chi connectivity index (χ4n) is 1.79. The molecule has 0 atom stereocenters. The van der Waals surface area contributed by atoms with Crippen molar-refractivity contribution in [2.75, 3.05) is 20.6 Å². The van der Waals surface area contributed by atoms with Crippen molar-refractivity contribution in [3.8, 4) is 0 Å². The maximum Gasteiger partial charge on any atom is 0.316 e. The van der Waals surface area contributed by atoms with Gasteiger partial charge in [-0.3, -0.25) is 0 Å². The Morgan fingerprint density at radius 2 is 1.35 bits per heavy atom. The Kier molecular flexibility index (Phi) is 11.2. The van der Waals surface area contributed by atoms with E-state index in [0.717, 1.165) is 13.0 Å². The van der Waals surface area contributed by atoms with Crippen LogP contribution in [0.4, 0.5) is 4.79 Å². The lowest BCUT2D eigenvalue weighted by molar-refractivity contribution is 0.217. The number of carbonyl (C=O) groups excluding carboxylic acids is 1. The molecule has 2 amide bonds. The second-order valence-electron chi connectivity index (χ2n) is 4.95. The Bertz CT molecular complexity index is 181. The van der Waals surface area contributed by atoms with Crippen LogP contribution in [-0.2, 0) is 0 Å². The first-order valence-electron chi connectivity index (χ1n) is 7.13. The van der Waals surface area contributed by atoms with E-state index in [0.29, 0.717) is 0 Å². The van der Waals surface area contributed by atoms with E-state index < -0.39 is 0 Å². The number of urea groups is 1. The van der Waals surface area contributed by atoms with Crippen molar-refractivity contribution in [3.63, 3.8) is 0 Å². The summed E-state index contributed by atoms with van der Waals surface area (Å²) in [5, 5.41) is 2.89. The third kappa shape index (κ3) is 11.5. The summed E-state index contributed by atoms with van der Waals surface area (Å²) < 4.78 is 0. The van der Waals surface area contributed by atoms with Crippen molar-refractivity contribution in [1.82, 2.24) is 10.2 Å². The van der Waals surface area contributed by atoms with Crippen molar-refractivity contribution in [3.05, 3.63) is 0 Å². The smallest absolute Gasteiger partial charge is 0.316 e. The van der Waals surface area contributed by atoms with Crippen LogP contribution < -0.4 is 5.32 Å². The number of nitrogens with one attached hydrogen (secondary N) is 1. The Hall–Kier alpha value is -0.730. The van der Waals surface area contributed by atoms with Crippen LogP contribution in [0, 0.1) is 0 Å². The lowest BCUT2D eigenvalue weighted by Crippen LogP contribution is -2.34. The van der Waals surface area contributed by atoms with Gasteiger partial charge in [0.1, 0.15) is 0 Å². The van der Waals surface area contributed by atoms with Gasteiger partial charge in [-0.1, -0.05) is 58.3 Å². The molecule has 17 heavy (non-hydrogen) atoms. The molecule has 1 N–H and O–H groups in total. The highest BCUT2D eigenvalue weighted by atomic mass is 16.2. The van der Waals surface area contributed by atoms with E-state index >= 15 is 0 Å². The molecule has 0 rings (SSSR count). The predicted octanol–water partition coefficient (Wildman–Crippen LogP) is 3.79. The van der Waals surface area contributed by atoms with Gasteiger partial charge < -0.3 is 10.2 Å². The Balaban J connectivity index is 3.06. The van der Waals surface area contributed by atoms with Gasteiger partial charge in [0.15, 0.2) is 0 Å². The highest BCUT2D eigenvalue weighted by molar-refractivity contribution is 5.73. The summed E-state index contributed by atoms with van der Waals surface area (Å²) in [5.74, 6) is 0. The molecule has 0 aromatic heterocycles. The summed E-state index contributed by atoms with van der Waals surface area (Å²) in [5.41, 5.74) is 0. The lowest BCUT2D eigenvalue weighted by Gasteiger charge is -2.11. The monoisotopic (exact) mass is 242 g/mol. The minimum atomic E-state index is 0.0181. The molecule has 0 bridgehead atoms. The van der Waals surface area contributed by atoms with Crippen LogP contribution in [-0.4, -0.2) is 31.6 Å². The Morgan fingerprint density at radius 1 is 0.882 bits per heavy atom. The van der Waals surface area contributed by atoms with Gasteiger partial charge >= 0.3 is 6.03 Å². The molecule has 0 saturated heterocycles. The summed E-state index contributed by atoms with van der Waals surface area (Å²) in [6.07, 6.45) is 11.9. The summed E-state index contributed by atoms with van der Waals surface area (Å²) in [4.78, 5) is 12.8. The number of amides is 2. The van der Waals surface area contributed by atoms with E-state index in [2.05, 4.69) is 12.2 Å². The molecule has 0 aromatic rings. The summed E-state index contributed by atoms with van der Waals surface area (Å²) in [6, 6.07) is 0.0181. The number of rotatable bonds is 10. The molecule has 0 unspecified atom stereocenters. The van der Waals surface area contributed by atoms with Crippen molar-refractivity contribution in [2.45, 2.75) is 64.7 Å². The van der Waals surface area contributed by atoms with Gasteiger partial charge in [-0.15, -0.1) is 0 Å². The predicted molar refractivity (Wildman–Crippen MR) is 74.3 cm³/mol. The average molecular weight is 242 g/mol. The Labute approximate surface area is 107 Å². The second kappa shape index (κ2) is 11.7. The number of carbonyl (C=O) groups is 1. The molecule has 0 fully saturated rings. The van der Waals surface area contributed by atoms with Gasteiger partial charge in [0.25, 0.3) is 0 Å². The maximum atomic E-state index is 11.2. The number of hydrogen-bond donors (Lipinski definition) is 1. The molecular weight excluding hydrogens is 212 g/mol. The molecule has 102 valence electrons. The van der Waals surface area contributed by atoms with E-state index in [4.69, 9.17) is 0 Å². The zero-order chi connectivity index (χ0) is 12.9. The summed E-state index contributed by atoms with van der Waals surface area (Å²) in [6.45, 7) is 3.06. The molecule has 3 nitrogen and oxygen atoms in total. The third-order valence-electron chi connectivity index (χ3n) is 2.96. The van der Waals surface area contributed by atoms with Crippen LogP contribution in [0.1, 0.15) is 64.7 Å². The van der Waals surface area contributed by atoms with E-state index in [-0.39, 0.29) is 6.03 Å². The first kappa shape index (κ1) is 16.3. The van der Waals surface area contributed by atoms with E-state index in [1.807, 2.05) is 0 Å². The standard InChI is InChI=1S/C14H30N2O/c1-4-5-6-7-8-9-10-11-12-13-15-14(17)16(2)3/h4-13H2,1-3H3,(H,15,17). The van der Waals surface area contributed by atoms with Gasteiger partial charge in [0, 0.05) is 20.6 Å². The van der Waals surface area contributed by atoms with E-state index in [1.54, 1.807) is 19.0 Å². The molecule has 0 aliphatic carbocycles. The molecule has 0 spiro atoms. The van der Waals surface area contributed by atoms with Crippen molar-refractivity contribution in [1.29, 1.82) is 0 Å². The first-order valence-corrected chi connectivity index (χ1v) is 7.13. The van der Waals surface area contributed by atoms with Crippen LogP contribution in [0.5, 0.6) is 0 Å². The molecule has 0 heterocycles. The van der Waals surface area contributed by atoms with Crippen LogP contribution >= 0.6 is 0 Å². The fraction of sp³-hybridized carbons (Fsp3) is 0.929. The topological polar surface area (TPSA) is 32.3 Å². The van der Waals surface area contributed by atoms with Gasteiger partial charge in [-0.25, -0.2) is 4.79 Å². The van der Waals surface area contributed by atoms with Crippen LogP contribution in [0.15, 0.2) is 0 Å².